The molecule has 4 aromatic heterocycles. The van der Waals surface area contributed by atoms with Crippen LogP contribution in [0, 0.1) is 22.4 Å². The summed E-state index contributed by atoms with van der Waals surface area (Å²) >= 11 is 0. The molecule has 5 fully saturated rings. The number of halogens is 1. The summed E-state index contributed by atoms with van der Waals surface area (Å²) in [7, 11) is -1.58. The third kappa shape index (κ3) is 11.4. The second kappa shape index (κ2) is 21.7. The van der Waals surface area contributed by atoms with Gasteiger partial charge in [0.05, 0.1) is 41.2 Å². The molecule has 1 amide bonds. The predicted octanol–water partition coefficient (Wildman–Crippen LogP) is 10.0. The van der Waals surface area contributed by atoms with Gasteiger partial charge in [0, 0.05) is 94.2 Å². The van der Waals surface area contributed by atoms with E-state index in [1.165, 1.54) is 61.1 Å². The van der Waals surface area contributed by atoms with Crippen molar-refractivity contribution in [1.82, 2.24) is 34.5 Å². The van der Waals surface area contributed by atoms with E-state index < -0.39 is 27.3 Å². The van der Waals surface area contributed by atoms with Gasteiger partial charge in [-0.2, -0.15) is 0 Å². The SMILES string of the molecule is COc1cc(CN2CCN(C3CC4(CCN(c5ccc(C(=O)NS(=O)(=O)c6cnc(NCC7CCC(C)(O)CC7)c(N(C)[O-])c6)c(Oc6cnc7[nH]cc(F)c7c6)c5)CC4)C3)C(c3ccccc3C(C)C)C2)cnc1C1CC1. The number of piperidine rings is 1. The number of anilines is 3. The predicted molar refractivity (Wildman–Crippen MR) is 299 cm³/mol. The molecular weight excluding hydrogens is 1010 g/mol. The summed E-state index contributed by atoms with van der Waals surface area (Å²) < 4.78 is 57.0. The Morgan fingerprint density at radius 3 is 2.45 bits per heavy atom. The summed E-state index contributed by atoms with van der Waals surface area (Å²) in [6.45, 7) is 12.1. The molecular formula is C59H72FN10O7S-. The summed E-state index contributed by atoms with van der Waals surface area (Å²) in [4.78, 5) is 37.7. The maximum absolute atomic E-state index is 14.8. The van der Waals surface area contributed by atoms with E-state index in [0.717, 1.165) is 101 Å². The van der Waals surface area contributed by atoms with Crippen LogP contribution >= 0.6 is 0 Å². The number of aromatic nitrogens is 4. The second-order valence-electron chi connectivity index (χ2n) is 23.3. The van der Waals surface area contributed by atoms with E-state index >= 15 is 0 Å². The number of fused-ring (bicyclic) bond motifs is 1. The maximum atomic E-state index is 14.8. The molecule has 2 saturated heterocycles. The zero-order chi connectivity index (χ0) is 54.5. The number of rotatable bonds is 17. The van der Waals surface area contributed by atoms with Gasteiger partial charge < -0.3 is 40.1 Å². The number of aliphatic hydroxyl groups is 1. The smallest absolute Gasteiger partial charge is 0.268 e. The number of nitrogens with one attached hydrogen (secondary N) is 3. The van der Waals surface area contributed by atoms with Gasteiger partial charge in [-0.15, -0.1) is 0 Å². The van der Waals surface area contributed by atoms with E-state index in [1.807, 2.05) is 6.92 Å². The van der Waals surface area contributed by atoms with Gasteiger partial charge in [-0.05, 0) is 142 Å². The summed E-state index contributed by atoms with van der Waals surface area (Å²) in [5, 5.41) is 27.1. The molecule has 2 aromatic carbocycles. The summed E-state index contributed by atoms with van der Waals surface area (Å²) in [5.74, 6) is 0.980. The molecule has 17 nitrogen and oxygen atoms in total. The molecule has 3 aliphatic carbocycles. The highest BCUT2D eigenvalue weighted by Crippen LogP contribution is 2.54. The van der Waals surface area contributed by atoms with Gasteiger partial charge >= 0.3 is 0 Å². The van der Waals surface area contributed by atoms with Crippen LogP contribution in [0.5, 0.6) is 17.2 Å². The van der Waals surface area contributed by atoms with Gasteiger partial charge in [-0.1, -0.05) is 38.1 Å². The van der Waals surface area contributed by atoms with Crippen LogP contribution in [0.15, 0.2) is 90.3 Å². The summed E-state index contributed by atoms with van der Waals surface area (Å²) in [5.41, 5.74) is 5.60. The minimum absolute atomic E-state index is 0.0160. The van der Waals surface area contributed by atoms with Crippen LogP contribution in [-0.4, -0.2) is 114 Å². The van der Waals surface area contributed by atoms with Crippen molar-refractivity contribution in [3.05, 3.63) is 124 Å². The lowest BCUT2D eigenvalue weighted by atomic mass is 9.59. The van der Waals surface area contributed by atoms with Crippen LogP contribution in [0.1, 0.15) is 136 Å². The van der Waals surface area contributed by atoms with E-state index in [1.54, 1.807) is 25.3 Å². The largest absolute Gasteiger partial charge is 0.758 e. The zero-order valence-corrected chi connectivity index (χ0v) is 46.1. The van der Waals surface area contributed by atoms with Crippen LogP contribution in [0.3, 0.4) is 0 Å². The number of amides is 1. The number of sulfonamides is 1. The second-order valence-corrected chi connectivity index (χ2v) is 25.0. The van der Waals surface area contributed by atoms with Gasteiger partial charge in [0.1, 0.15) is 39.4 Å². The maximum Gasteiger partial charge on any atom is 0.268 e. The monoisotopic (exact) mass is 1080 g/mol. The molecule has 6 aromatic rings. The third-order valence-corrected chi connectivity index (χ3v) is 18.7. The Kier molecular flexibility index (Phi) is 14.9. The van der Waals surface area contributed by atoms with E-state index in [9.17, 15) is 27.9 Å². The molecule has 1 unspecified atom stereocenters. The fourth-order valence-electron chi connectivity index (χ4n) is 12.6. The molecule has 0 radical (unpaired) electrons. The number of benzene rings is 2. The molecule has 2 aliphatic heterocycles. The Hall–Kier alpha value is -6.38. The molecule has 19 heteroatoms. The van der Waals surface area contributed by atoms with Crippen molar-refractivity contribution in [1.29, 1.82) is 0 Å². The number of hydrogen-bond acceptors (Lipinski definition) is 15. The molecule has 1 spiro atoms. The van der Waals surface area contributed by atoms with Crippen molar-refractivity contribution in [3.63, 3.8) is 0 Å². The number of carbonyl (C=O) groups is 1. The number of pyridine rings is 3. The Bertz CT molecular complexity index is 3270. The minimum Gasteiger partial charge on any atom is -0.758 e. The first kappa shape index (κ1) is 53.6. The number of methoxy groups -OCH3 is 1. The topological polar surface area (TPSA) is 204 Å². The number of aromatic amines is 1. The fourth-order valence-corrected chi connectivity index (χ4v) is 13.5. The highest BCUT2D eigenvalue weighted by molar-refractivity contribution is 7.90. The molecule has 11 rings (SSSR count). The molecule has 414 valence electrons. The number of piperazine rings is 1. The van der Waals surface area contributed by atoms with Gasteiger partial charge in [-0.3, -0.25) is 19.6 Å². The van der Waals surface area contributed by atoms with Gasteiger partial charge in [0.2, 0.25) is 0 Å². The lowest BCUT2D eigenvalue weighted by Gasteiger charge is -2.58. The molecule has 0 bridgehead atoms. The average Bonchev–Trinajstić information content (AvgIpc) is 4.32. The lowest BCUT2D eigenvalue weighted by Crippen LogP contribution is -2.60. The molecule has 4 N–H and O–H groups in total. The van der Waals surface area contributed by atoms with Gasteiger partial charge in [0.25, 0.3) is 15.9 Å². The van der Waals surface area contributed by atoms with Gasteiger partial charge in [0.15, 0.2) is 0 Å². The molecule has 1 atom stereocenters. The van der Waals surface area contributed by atoms with Crippen LogP contribution in [0.25, 0.3) is 11.0 Å². The van der Waals surface area contributed by atoms with Crippen LogP contribution in [0.4, 0.5) is 21.6 Å². The third-order valence-electron chi connectivity index (χ3n) is 17.4. The Balaban J connectivity index is 0.782. The van der Waals surface area contributed by atoms with E-state index in [-0.39, 0.29) is 56.2 Å². The molecule has 78 heavy (non-hydrogen) atoms. The minimum atomic E-state index is -4.57. The molecule has 6 heterocycles. The Morgan fingerprint density at radius 2 is 1.72 bits per heavy atom. The highest BCUT2D eigenvalue weighted by Gasteiger charge is 2.50. The normalized spacial score (nSPS) is 22.1. The number of nitrogens with zero attached hydrogens (tertiary/aromatic N) is 7. The number of hydroxylamine groups is 1. The fraction of sp³-hybridized carbons (Fsp3) is 0.492. The van der Waals surface area contributed by atoms with E-state index in [0.29, 0.717) is 48.0 Å². The quantitative estimate of drug-likeness (QED) is 0.0628. The van der Waals surface area contributed by atoms with Crippen molar-refractivity contribution in [2.24, 2.45) is 11.3 Å². The van der Waals surface area contributed by atoms with Crippen molar-refractivity contribution in [2.75, 3.05) is 68.7 Å². The number of H-pyrrole nitrogens is 1. The van der Waals surface area contributed by atoms with Crippen LogP contribution < -0.4 is 29.5 Å². The van der Waals surface area contributed by atoms with Crippen molar-refractivity contribution < 1.29 is 32.2 Å². The summed E-state index contributed by atoms with van der Waals surface area (Å²) in [6, 6.07) is 19.6. The molecule has 3 saturated carbocycles. The van der Waals surface area contributed by atoms with Gasteiger partial charge in [-0.25, -0.2) is 27.5 Å². The highest BCUT2D eigenvalue weighted by atomic mass is 32.2. The summed E-state index contributed by atoms with van der Waals surface area (Å²) in [6.07, 6.45) is 15.2. The average molecular weight is 1080 g/mol. The van der Waals surface area contributed by atoms with Crippen molar-refractivity contribution >= 4 is 44.2 Å². The molecule has 5 aliphatic rings. The first-order valence-electron chi connectivity index (χ1n) is 27.7. The zero-order valence-electron chi connectivity index (χ0n) is 45.3. The van der Waals surface area contributed by atoms with E-state index in [4.69, 9.17) is 14.5 Å². The lowest BCUT2D eigenvalue weighted by molar-refractivity contribution is -0.0628. The number of carbonyl (C=O) groups excluding carboxylic acids is 1. The number of hydrogen-bond donors (Lipinski definition) is 4. The Morgan fingerprint density at radius 1 is 0.949 bits per heavy atom. The Labute approximate surface area is 456 Å². The first-order chi connectivity index (χ1) is 37.4. The van der Waals surface area contributed by atoms with Crippen LogP contribution in [0.2, 0.25) is 0 Å². The standard InChI is InChI=1S/C59H72FN10O7S/c1-37(2)45-8-6-7-9-46(45)51-36-68(35-39-24-53(76-5)54(61-31-39)40-10-11-40)22-23-70(51)42-28-59(29-42)18-20-69(21-19-59)41-12-13-47(52(25-41)77-43-26-48-49(60)34-65-55(48)63-32-43)57(71)66-78(74,75)44-27-50(67(4)73)56(64-33-44)62-30-38-14-16-58(3,72)17-15-38/h6-9,12-13,24-27,31-34,37-38,40,42,51,72H,10-11,14-23,28-30,35-36H2,1-5H3,(H,62,64)(H,63,65)(H,66,71)/q-1. The van der Waals surface area contributed by atoms with Crippen LogP contribution in [-0.2, 0) is 16.6 Å². The van der Waals surface area contributed by atoms with Crippen molar-refractivity contribution in [2.45, 2.75) is 126 Å². The first-order valence-corrected chi connectivity index (χ1v) is 29.2. The van der Waals surface area contributed by atoms with Crippen molar-refractivity contribution in [3.8, 4) is 17.2 Å². The van der Waals surface area contributed by atoms with E-state index in [2.05, 4.69) is 90.1 Å². The number of ether oxygens (including phenoxy) is 2.